The van der Waals surface area contributed by atoms with Crippen molar-refractivity contribution in [2.24, 2.45) is 5.73 Å². The number of nitrogens with one attached hydrogen (secondary N) is 1. The third kappa shape index (κ3) is 5.33. The zero-order chi connectivity index (χ0) is 21.0. The number of halogens is 1. The lowest BCUT2D eigenvalue weighted by Crippen LogP contribution is -2.33. The molecule has 0 aliphatic carbocycles. The predicted octanol–water partition coefficient (Wildman–Crippen LogP) is 2.55. The van der Waals surface area contributed by atoms with E-state index in [0.29, 0.717) is 17.9 Å². The molecule has 9 heteroatoms. The van der Waals surface area contributed by atoms with Crippen molar-refractivity contribution in [3.63, 3.8) is 0 Å². The molecule has 0 saturated carbocycles. The molecule has 29 heavy (non-hydrogen) atoms. The van der Waals surface area contributed by atoms with Crippen molar-refractivity contribution in [1.29, 1.82) is 0 Å². The number of benzene rings is 2. The summed E-state index contributed by atoms with van der Waals surface area (Å²) in [7, 11) is 1.22. The first kappa shape index (κ1) is 20.8. The molecule has 0 bridgehead atoms. The molecule has 2 atom stereocenters. The summed E-state index contributed by atoms with van der Waals surface area (Å²) in [5, 5.41) is 1.48. The van der Waals surface area contributed by atoms with Gasteiger partial charge in [-0.2, -0.15) is 0 Å². The molecular weight excluding hydrogens is 399 g/mol. The lowest BCUT2D eigenvalue weighted by Gasteiger charge is -2.12. The molecule has 0 aromatic heterocycles. The number of ether oxygens (including phenoxy) is 2. The summed E-state index contributed by atoms with van der Waals surface area (Å²) in [5.41, 5.74) is 6.82. The van der Waals surface area contributed by atoms with Gasteiger partial charge in [-0.05, 0) is 35.7 Å². The summed E-state index contributed by atoms with van der Waals surface area (Å²) in [6.07, 6.45) is 0.440. The van der Waals surface area contributed by atoms with Crippen molar-refractivity contribution >= 4 is 28.9 Å². The molecule has 1 heterocycles. The second kappa shape index (κ2) is 9.06. The fourth-order valence-corrected chi connectivity index (χ4v) is 3.66. The average molecular weight is 418 g/mol. The van der Waals surface area contributed by atoms with Crippen molar-refractivity contribution in [3.05, 3.63) is 59.4 Å². The quantitative estimate of drug-likeness (QED) is 0.666. The summed E-state index contributed by atoms with van der Waals surface area (Å²) in [6, 6.07) is 10.3. The van der Waals surface area contributed by atoms with Gasteiger partial charge in [0.15, 0.2) is 0 Å². The van der Waals surface area contributed by atoms with E-state index in [1.165, 1.54) is 19.2 Å². The van der Waals surface area contributed by atoms with Crippen molar-refractivity contribution < 1.29 is 28.2 Å². The lowest BCUT2D eigenvalue weighted by atomic mass is 10.1. The van der Waals surface area contributed by atoms with Gasteiger partial charge in [-0.3, -0.25) is 19.7 Å². The van der Waals surface area contributed by atoms with Crippen LogP contribution in [0.25, 0.3) is 0 Å². The molecule has 2 amide bonds. The Hall–Kier alpha value is -2.91. The number of hydrogen-bond acceptors (Lipinski definition) is 7. The first-order valence-electron chi connectivity index (χ1n) is 8.76. The van der Waals surface area contributed by atoms with Crippen LogP contribution in [0.4, 0.5) is 9.18 Å². The zero-order valence-corrected chi connectivity index (χ0v) is 16.3. The number of methoxy groups -OCH3 is 1. The van der Waals surface area contributed by atoms with Gasteiger partial charge in [-0.25, -0.2) is 4.39 Å². The van der Waals surface area contributed by atoms with Crippen molar-refractivity contribution in [2.45, 2.75) is 24.1 Å². The first-order chi connectivity index (χ1) is 13.9. The maximum absolute atomic E-state index is 14.3. The number of nitrogens with two attached hydrogens (primary N) is 1. The number of esters is 1. The smallest absolute Gasteiger partial charge is 0.322 e. The van der Waals surface area contributed by atoms with E-state index in [9.17, 15) is 18.8 Å². The number of thioether (sulfide) groups is 1. The van der Waals surface area contributed by atoms with Crippen LogP contribution in [0.2, 0.25) is 0 Å². The van der Waals surface area contributed by atoms with Crippen LogP contribution in [0.1, 0.15) is 11.1 Å². The van der Waals surface area contributed by atoms with Crippen LogP contribution in [-0.4, -0.2) is 35.5 Å². The molecular formula is C20H19FN2O5S. The molecule has 2 aromatic carbocycles. The highest BCUT2D eigenvalue weighted by atomic mass is 32.2. The normalized spacial score (nSPS) is 17.0. The Morgan fingerprint density at radius 2 is 1.90 bits per heavy atom. The summed E-state index contributed by atoms with van der Waals surface area (Å²) in [4.78, 5) is 34.2. The van der Waals surface area contributed by atoms with E-state index in [4.69, 9.17) is 10.5 Å². The maximum atomic E-state index is 14.3. The number of amides is 2. The van der Waals surface area contributed by atoms with Crippen LogP contribution < -0.4 is 15.8 Å². The van der Waals surface area contributed by atoms with Crippen molar-refractivity contribution in [1.82, 2.24) is 5.32 Å². The Labute approximate surface area is 170 Å². The van der Waals surface area contributed by atoms with E-state index in [1.54, 1.807) is 30.3 Å². The Morgan fingerprint density at radius 3 is 2.48 bits per heavy atom. The molecule has 2 aromatic rings. The van der Waals surface area contributed by atoms with Crippen LogP contribution in [0.15, 0.2) is 42.5 Å². The minimum absolute atomic E-state index is 0.0166. The summed E-state index contributed by atoms with van der Waals surface area (Å²) in [5.74, 6) is -0.647. The Bertz CT molecular complexity index is 935. The minimum atomic E-state index is -0.941. The lowest BCUT2D eigenvalue weighted by molar-refractivity contribution is -0.142. The fraction of sp³-hybridized carbons (Fsp3) is 0.250. The van der Waals surface area contributed by atoms with Crippen LogP contribution in [0.5, 0.6) is 11.5 Å². The molecule has 2 unspecified atom stereocenters. The molecule has 3 rings (SSSR count). The number of imide groups is 1. The number of carbonyl (C=O) groups is 3. The second-order valence-electron chi connectivity index (χ2n) is 6.42. The first-order valence-corrected chi connectivity index (χ1v) is 9.64. The van der Waals surface area contributed by atoms with Gasteiger partial charge in [0.1, 0.15) is 23.4 Å². The molecule has 0 spiro atoms. The Morgan fingerprint density at radius 1 is 1.21 bits per heavy atom. The van der Waals surface area contributed by atoms with Crippen molar-refractivity contribution in [2.75, 3.05) is 7.11 Å². The van der Waals surface area contributed by atoms with Crippen LogP contribution in [-0.2, 0) is 27.2 Å². The van der Waals surface area contributed by atoms with E-state index in [0.717, 1.165) is 17.3 Å². The highest BCUT2D eigenvalue weighted by Gasteiger charge is 2.31. The van der Waals surface area contributed by atoms with Crippen LogP contribution in [0, 0.1) is 5.82 Å². The molecule has 3 N–H and O–H groups in total. The standard InChI is InChI=1S/C20H19FN2O5S/c1-27-19(25)16(22)9-12-4-7-14(10-15(12)21)28-13-5-2-11(3-6-13)8-17-18(24)23-20(26)29-17/h2-7,10,16-17H,8-9,22H2,1H3,(H,23,24,26). The highest BCUT2D eigenvalue weighted by Crippen LogP contribution is 2.27. The largest absolute Gasteiger partial charge is 0.468 e. The highest BCUT2D eigenvalue weighted by molar-refractivity contribution is 8.15. The van der Waals surface area contributed by atoms with Crippen molar-refractivity contribution in [3.8, 4) is 11.5 Å². The summed E-state index contributed by atoms with van der Waals surface area (Å²) in [6.45, 7) is 0. The number of carbonyl (C=O) groups excluding carboxylic acids is 3. The zero-order valence-electron chi connectivity index (χ0n) is 15.5. The third-order valence-corrected chi connectivity index (χ3v) is 5.30. The van der Waals surface area contributed by atoms with Gasteiger partial charge in [0.05, 0.1) is 12.4 Å². The molecule has 1 aliphatic heterocycles. The molecule has 1 fully saturated rings. The van der Waals surface area contributed by atoms with E-state index >= 15 is 0 Å². The number of hydrogen-bond donors (Lipinski definition) is 2. The SMILES string of the molecule is COC(=O)C(N)Cc1ccc(Oc2ccc(CC3SC(=O)NC3=O)cc2)cc1F. The van der Waals surface area contributed by atoms with E-state index in [2.05, 4.69) is 10.1 Å². The molecule has 1 aliphatic rings. The average Bonchev–Trinajstić information content (AvgIpc) is 3.01. The third-order valence-electron chi connectivity index (χ3n) is 4.32. The monoisotopic (exact) mass is 418 g/mol. The van der Waals surface area contributed by atoms with Gasteiger partial charge in [-0.15, -0.1) is 0 Å². The molecule has 0 radical (unpaired) electrons. The van der Waals surface area contributed by atoms with Gasteiger partial charge in [0, 0.05) is 12.5 Å². The van der Waals surface area contributed by atoms with Gasteiger partial charge in [-0.1, -0.05) is 30.0 Å². The number of rotatable bonds is 7. The fourth-order valence-electron chi connectivity index (χ4n) is 2.80. The minimum Gasteiger partial charge on any atom is -0.468 e. The van der Waals surface area contributed by atoms with Gasteiger partial charge in [0.2, 0.25) is 5.91 Å². The molecule has 7 nitrogen and oxygen atoms in total. The van der Waals surface area contributed by atoms with E-state index < -0.39 is 23.1 Å². The Kier molecular flexibility index (Phi) is 6.50. The van der Waals surface area contributed by atoms with E-state index in [1.807, 2.05) is 0 Å². The second-order valence-corrected chi connectivity index (χ2v) is 7.60. The van der Waals surface area contributed by atoms with Gasteiger partial charge in [0.25, 0.3) is 5.24 Å². The van der Waals surface area contributed by atoms with Gasteiger partial charge >= 0.3 is 5.97 Å². The van der Waals surface area contributed by atoms with Gasteiger partial charge < -0.3 is 15.2 Å². The van der Waals surface area contributed by atoms with E-state index in [-0.39, 0.29) is 23.1 Å². The summed E-state index contributed by atoms with van der Waals surface area (Å²) < 4.78 is 24.5. The maximum Gasteiger partial charge on any atom is 0.322 e. The predicted molar refractivity (Wildman–Crippen MR) is 105 cm³/mol. The molecule has 152 valence electrons. The topological polar surface area (TPSA) is 108 Å². The summed E-state index contributed by atoms with van der Waals surface area (Å²) >= 11 is 0.975. The van der Waals surface area contributed by atoms with Crippen LogP contribution >= 0.6 is 11.8 Å². The molecule has 1 saturated heterocycles. The van der Waals surface area contributed by atoms with Crippen LogP contribution in [0.3, 0.4) is 0 Å². The Balaban J connectivity index is 1.61.